The molecule has 2 unspecified atom stereocenters. The molecule has 48 heavy (non-hydrogen) atoms. The molecule has 6 nitrogen and oxygen atoms in total. The Morgan fingerprint density at radius 1 is 0.375 bits per heavy atom. The van der Waals surface area contributed by atoms with Crippen molar-refractivity contribution in [2.24, 2.45) is 0 Å². The smallest absolute Gasteiger partial charge is 0.305 e. The number of aliphatic hydroxyl groups is 2. The van der Waals surface area contributed by atoms with Crippen LogP contribution in [0.3, 0.4) is 0 Å². The molecule has 0 aliphatic heterocycles. The van der Waals surface area contributed by atoms with Gasteiger partial charge in [-0.05, 0) is 64.2 Å². The third-order valence-corrected chi connectivity index (χ3v) is 9.68. The molecule has 0 radical (unpaired) electrons. The molecular weight excluding hydrogens is 600 g/mol. The van der Waals surface area contributed by atoms with E-state index in [-0.39, 0.29) is 24.1 Å². The highest BCUT2D eigenvalue weighted by Crippen LogP contribution is 2.16. The lowest BCUT2D eigenvalue weighted by Gasteiger charge is -2.10. The minimum atomic E-state index is -0.100. The predicted molar refractivity (Wildman–Crippen MR) is 202 cm³/mol. The zero-order valence-electron chi connectivity index (χ0n) is 32.1. The highest BCUT2D eigenvalue weighted by Gasteiger charge is 2.06. The second kappa shape index (κ2) is 38.7. The summed E-state index contributed by atoms with van der Waals surface area (Å²) in [6.45, 7) is 5.43. The van der Waals surface area contributed by atoms with E-state index in [2.05, 4.69) is 13.8 Å². The van der Waals surface area contributed by atoms with E-state index < -0.39 is 0 Å². The molecule has 0 aromatic heterocycles. The molecule has 0 aliphatic carbocycles. The van der Waals surface area contributed by atoms with Crippen LogP contribution < -0.4 is 0 Å². The first-order valence-corrected chi connectivity index (χ1v) is 21.2. The molecule has 0 saturated carbocycles. The number of carbonyl (C=O) groups is 2. The quantitative estimate of drug-likeness (QED) is 0.0495. The summed E-state index contributed by atoms with van der Waals surface area (Å²) < 4.78 is 10.8. The molecule has 0 bridgehead atoms. The molecule has 286 valence electrons. The normalized spacial score (nSPS) is 12.7. The van der Waals surface area contributed by atoms with Crippen LogP contribution in [0.2, 0.25) is 0 Å². The van der Waals surface area contributed by atoms with Crippen molar-refractivity contribution in [2.75, 3.05) is 13.2 Å². The minimum Gasteiger partial charge on any atom is -0.466 e. The van der Waals surface area contributed by atoms with E-state index in [0.29, 0.717) is 26.1 Å². The largest absolute Gasteiger partial charge is 0.466 e. The Hall–Kier alpha value is -1.14. The summed E-state index contributed by atoms with van der Waals surface area (Å²) >= 11 is 0. The lowest BCUT2D eigenvalue weighted by molar-refractivity contribution is -0.145. The van der Waals surface area contributed by atoms with Gasteiger partial charge in [0, 0.05) is 12.8 Å². The molecule has 0 aromatic rings. The number of esters is 2. The van der Waals surface area contributed by atoms with E-state index in [9.17, 15) is 19.8 Å². The van der Waals surface area contributed by atoms with Gasteiger partial charge in [0.05, 0.1) is 25.4 Å². The molecule has 0 amide bonds. The monoisotopic (exact) mass is 683 g/mol. The lowest BCUT2D eigenvalue weighted by Crippen LogP contribution is -2.07. The van der Waals surface area contributed by atoms with Crippen molar-refractivity contribution < 1.29 is 29.3 Å². The first-order valence-electron chi connectivity index (χ1n) is 21.2. The van der Waals surface area contributed by atoms with Gasteiger partial charge in [-0.25, -0.2) is 0 Å². The molecule has 0 aliphatic rings. The SMILES string of the molecule is CCCCCCC(O)CCCCCCCCCCC(=O)OCCCCCCOC(=O)CCCCCCCCCCC(O)CCCCCC. The topological polar surface area (TPSA) is 93.1 Å². The maximum Gasteiger partial charge on any atom is 0.305 e. The minimum absolute atomic E-state index is 0.0725. The van der Waals surface area contributed by atoms with Gasteiger partial charge < -0.3 is 19.7 Å². The highest BCUT2D eigenvalue weighted by molar-refractivity contribution is 5.69. The van der Waals surface area contributed by atoms with E-state index in [1.165, 1.54) is 116 Å². The summed E-state index contributed by atoms with van der Waals surface area (Å²) in [7, 11) is 0. The fraction of sp³-hybridized carbons (Fsp3) is 0.952. The predicted octanol–water partition coefficient (Wildman–Crippen LogP) is 12.1. The van der Waals surface area contributed by atoms with Crippen LogP contribution in [0.25, 0.3) is 0 Å². The lowest BCUT2D eigenvalue weighted by atomic mass is 10.0. The molecule has 0 heterocycles. The Morgan fingerprint density at radius 2 is 0.625 bits per heavy atom. The van der Waals surface area contributed by atoms with Crippen LogP contribution in [0.15, 0.2) is 0 Å². The van der Waals surface area contributed by atoms with Crippen molar-refractivity contribution in [1.82, 2.24) is 0 Å². The molecule has 0 spiro atoms. The maximum absolute atomic E-state index is 12.0. The molecule has 0 saturated heterocycles. The highest BCUT2D eigenvalue weighted by atomic mass is 16.5. The van der Waals surface area contributed by atoms with Crippen molar-refractivity contribution in [3.05, 3.63) is 0 Å². The van der Waals surface area contributed by atoms with Gasteiger partial charge in [0.25, 0.3) is 0 Å². The van der Waals surface area contributed by atoms with Gasteiger partial charge in [0.15, 0.2) is 0 Å². The number of aliphatic hydroxyl groups excluding tert-OH is 2. The van der Waals surface area contributed by atoms with Gasteiger partial charge in [-0.1, -0.05) is 155 Å². The Labute approximate surface area is 298 Å². The van der Waals surface area contributed by atoms with Crippen LogP contribution in [-0.2, 0) is 19.1 Å². The Bertz CT molecular complexity index is 613. The van der Waals surface area contributed by atoms with E-state index in [1.54, 1.807) is 0 Å². The van der Waals surface area contributed by atoms with E-state index >= 15 is 0 Å². The van der Waals surface area contributed by atoms with Crippen LogP contribution in [0.4, 0.5) is 0 Å². The third-order valence-electron chi connectivity index (χ3n) is 9.68. The number of unbranched alkanes of at least 4 members (excludes halogenated alkanes) is 23. The Kier molecular flexibility index (Phi) is 37.7. The number of rotatable bonds is 39. The van der Waals surface area contributed by atoms with Crippen LogP contribution in [0, 0.1) is 0 Å². The summed E-state index contributed by atoms with van der Waals surface area (Å²) in [5.41, 5.74) is 0. The average molecular weight is 683 g/mol. The standard InChI is InChI=1S/C42H82O6/c1-3-5-7-23-31-39(43)33-25-17-13-9-11-15-19-27-35-41(45)47-37-29-21-22-30-38-48-42(46)36-28-20-16-12-10-14-18-26-34-40(44)32-24-8-6-4-2/h39-40,43-44H,3-38H2,1-2H3. The van der Waals surface area contributed by atoms with Gasteiger partial charge in [0.2, 0.25) is 0 Å². The summed E-state index contributed by atoms with van der Waals surface area (Å²) in [6, 6.07) is 0. The van der Waals surface area contributed by atoms with Gasteiger partial charge in [-0.15, -0.1) is 0 Å². The first-order chi connectivity index (χ1) is 23.5. The number of ether oxygens (including phenoxy) is 2. The van der Waals surface area contributed by atoms with Crippen molar-refractivity contribution in [2.45, 2.75) is 244 Å². The average Bonchev–Trinajstić information content (AvgIpc) is 3.07. The van der Waals surface area contributed by atoms with E-state index in [1.807, 2.05) is 0 Å². The van der Waals surface area contributed by atoms with Crippen molar-refractivity contribution in [1.29, 1.82) is 0 Å². The molecule has 0 rings (SSSR count). The van der Waals surface area contributed by atoms with Crippen LogP contribution >= 0.6 is 0 Å². The van der Waals surface area contributed by atoms with Gasteiger partial charge in [-0.2, -0.15) is 0 Å². The van der Waals surface area contributed by atoms with Crippen LogP contribution in [0.1, 0.15) is 232 Å². The number of hydrogen-bond acceptors (Lipinski definition) is 6. The van der Waals surface area contributed by atoms with Gasteiger partial charge in [-0.3, -0.25) is 9.59 Å². The van der Waals surface area contributed by atoms with E-state index in [4.69, 9.17) is 9.47 Å². The summed E-state index contributed by atoms with van der Waals surface area (Å²) in [5.74, 6) is -0.145. The zero-order chi connectivity index (χ0) is 35.2. The molecule has 2 atom stereocenters. The maximum atomic E-state index is 12.0. The first kappa shape index (κ1) is 46.9. The molecule has 0 aromatic carbocycles. The van der Waals surface area contributed by atoms with Gasteiger partial charge >= 0.3 is 11.9 Å². The Morgan fingerprint density at radius 3 is 0.938 bits per heavy atom. The second-order valence-electron chi connectivity index (χ2n) is 14.6. The molecule has 0 fully saturated rings. The third kappa shape index (κ3) is 37.7. The fourth-order valence-electron chi connectivity index (χ4n) is 6.40. The van der Waals surface area contributed by atoms with Crippen LogP contribution in [0.5, 0.6) is 0 Å². The van der Waals surface area contributed by atoms with Crippen molar-refractivity contribution in [3.63, 3.8) is 0 Å². The summed E-state index contributed by atoms with van der Waals surface area (Å²) in [6.07, 6.45) is 36.9. The molecule has 6 heteroatoms. The van der Waals surface area contributed by atoms with Crippen molar-refractivity contribution in [3.8, 4) is 0 Å². The van der Waals surface area contributed by atoms with Crippen molar-refractivity contribution >= 4 is 11.9 Å². The second-order valence-corrected chi connectivity index (χ2v) is 14.6. The summed E-state index contributed by atoms with van der Waals surface area (Å²) in [5, 5.41) is 20.1. The molecule has 2 N–H and O–H groups in total. The number of carbonyl (C=O) groups excluding carboxylic acids is 2. The fourth-order valence-corrected chi connectivity index (χ4v) is 6.40. The molecular formula is C42H82O6. The Balaban J connectivity index is 3.32. The summed E-state index contributed by atoms with van der Waals surface area (Å²) in [4.78, 5) is 23.9. The van der Waals surface area contributed by atoms with E-state index in [0.717, 1.165) is 89.9 Å². The van der Waals surface area contributed by atoms with Crippen LogP contribution in [-0.4, -0.2) is 47.6 Å². The number of hydrogen-bond donors (Lipinski definition) is 2. The zero-order valence-corrected chi connectivity index (χ0v) is 32.1. The van der Waals surface area contributed by atoms with Gasteiger partial charge in [0.1, 0.15) is 0 Å².